The van der Waals surface area contributed by atoms with Crippen LogP contribution in [-0.4, -0.2) is 37.1 Å². The summed E-state index contributed by atoms with van der Waals surface area (Å²) in [4.78, 5) is 14.3. The zero-order valence-corrected chi connectivity index (χ0v) is 12.4. The van der Waals surface area contributed by atoms with Gasteiger partial charge in [-0.25, -0.2) is 4.68 Å². The number of carbonyl (C=O) groups is 1. The molecule has 1 amide bonds. The Balaban J connectivity index is 1.72. The smallest absolute Gasteiger partial charge is 0.244 e. The van der Waals surface area contributed by atoms with E-state index in [1.807, 2.05) is 29.2 Å². The fraction of sp³-hybridized carbons (Fsp3) is 0.385. The second-order valence-corrected chi connectivity index (χ2v) is 5.71. The van der Waals surface area contributed by atoms with Crippen molar-refractivity contribution in [1.29, 1.82) is 0 Å². The van der Waals surface area contributed by atoms with Crippen LogP contribution in [0, 0.1) is 0 Å². The fourth-order valence-corrected chi connectivity index (χ4v) is 2.51. The van der Waals surface area contributed by atoms with E-state index in [4.69, 9.17) is 0 Å². The van der Waals surface area contributed by atoms with Crippen LogP contribution in [0.25, 0.3) is 0 Å². The fourth-order valence-electron chi connectivity index (χ4n) is 2.10. The summed E-state index contributed by atoms with van der Waals surface area (Å²) in [5.41, 5.74) is 1.12. The topological polar surface area (TPSA) is 63.9 Å². The number of hydrogen-bond acceptors (Lipinski definition) is 4. The van der Waals surface area contributed by atoms with Gasteiger partial charge in [-0.1, -0.05) is 34.1 Å². The predicted molar refractivity (Wildman–Crippen MR) is 75.5 cm³/mol. The molecule has 1 heterocycles. The summed E-state index contributed by atoms with van der Waals surface area (Å²) in [5, 5.41) is 10.8. The molecule has 1 aliphatic rings. The first-order valence-electron chi connectivity index (χ1n) is 6.47. The first-order valence-corrected chi connectivity index (χ1v) is 7.27. The quantitative estimate of drug-likeness (QED) is 0.832. The van der Waals surface area contributed by atoms with Crippen LogP contribution in [0.5, 0.6) is 0 Å². The lowest BCUT2D eigenvalue weighted by molar-refractivity contribution is -0.133. The summed E-state index contributed by atoms with van der Waals surface area (Å²) in [5.74, 6) is 0.0514. The predicted octanol–water partition coefficient (Wildman–Crippen LogP) is 1.63. The van der Waals surface area contributed by atoms with Crippen molar-refractivity contribution < 1.29 is 4.79 Å². The van der Waals surface area contributed by atoms with Gasteiger partial charge >= 0.3 is 0 Å². The molecule has 6 nitrogen and oxygen atoms in total. The summed E-state index contributed by atoms with van der Waals surface area (Å²) in [6.45, 7) is 0.807. The molecule has 0 aliphatic heterocycles. The number of carbonyl (C=O) groups excluding carboxylic acids is 1. The third-order valence-electron chi connectivity index (χ3n) is 3.30. The second kappa shape index (κ2) is 5.70. The minimum absolute atomic E-state index is 0.0514. The van der Waals surface area contributed by atoms with Crippen molar-refractivity contribution in [2.45, 2.75) is 32.0 Å². The summed E-state index contributed by atoms with van der Waals surface area (Å²) >= 11 is 3.53. The summed E-state index contributed by atoms with van der Waals surface area (Å²) in [6, 6.07) is 8.33. The maximum atomic E-state index is 12.4. The number of benzene rings is 1. The van der Waals surface area contributed by atoms with Gasteiger partial charge < -0.3 is 4.90 Å². The number of tetrazole rings is 1. The van der Waals surface area contributed by atoms with Crippen LogP contribution in [0.4, 0.5) is 0 Å². The molecule has 104 valence electrons. The molecule has 1 aromatic carbocycles. The van der Waals surface area contributed by atoms with E-state index in [2.05, 4.69) is 31.5 Å². The Labute approximate surface area is 124 Å². The summed E-state index contributed by atoms with van der Waals surface area (Å²) < 4.78 is 2.48. The minimum atomic E-state index is 0.0514. The molecule has 0 spiro atoms. The van der Waals surface area contributed by atoms with Gasteiger partial charge in [0.05, 0.1) is 0 Å². The molecule has 1 aliphatic carbocycles. The molecule has 2 aromatic rings. The van der Waals surface area contributed by atoms with Gasteiger partial charge in [-0.15, -0.1) is 5.10 Å². The molecule has 0 N–H and O–H groups in total. The molecule has 0 saturated heterocycles. The van der Waals surface area contributed by atoms with E-state index in [-0.39, 0.29) is 12.5 Å². The van der Waals surface area contributed by atoms with Crippen LogP contribution < -0.4 is 0 Å². The van der Waals surface area contributed by atoms with Crippen molar-refractivity contribution in [3.05, 3.63) is 40.6 Å². The highest BCUT2D eigenvalue weighted by atomic mass is 79.9. The molecule has 3 rings (SSSR count). The van der Waals surface area contributed by atoms with Gasteiger partial charge in [-0.2, -0.15) is 0 Å². The third kappa shape index (κ3) is 3.04. The zero-order chi connectivity index (χ0) is 13.9. The highest BCUT2D eigenvalue weighted by Crippen LogP contribution is 2.30. The molecule has 1 aromatic heterocycles. The average molecular weight is 336 g/mol. The van der Waals surface area contributed by atoms with E-state index in [9.17, 15) is 4.79 Å². The molecule has 7 heteroatoms. The molecule has 0 bridgehead atoms. The van der Waals surface area contributed by atoms with Crippen molar-refractivity contribution in [3.8, 4) is 0 Å². The van der Waals surface area contributed by atoms with E-state index in [0.717, 1.165) is 22.9 Å². The lowest BCUT2D eigenvalue weighted by Crippen LogP contribution is -2.35. The Kier molecular flexibility index (Phi) is 3.77. The number of halogens is 1. The Bertz CT molecular complexity index is 597. The molecule has 0 atom stereocenters. The standard InChI is InChI=1S/C13H14BrN5O/c14-12-4-2-1-3-10(12)7-19(11-5-6-11)13(20)8-18-9-15-16-17-18/h1-4,9,11H,5-8H2. The molecule has 20 heavy (non-hydrogen) atoms. The lowest BCUT2D eigenvalue weighted by atomic mass is 10.2. The Morgan fingerprint density at radius 2 is 2.20 bits per heavy atom. The van der Waals surface area contributed by atoms with Gasteiger partial charge in [-0.05, 0) is 34.9 Å². The SMILES string of the molecule is O=C(Cn1cnnn1)N(Cc1ccccc1Br)C1CC1. The van der Waals surface area contributed by atoms with Gasteiger partial charge in [0.15, 0.2) is 0 Å². The zero-order valence-electron chi connectivity index (χ0n) is 10.8. The second-order valence-electron chi connectivity index (χ2n) is 4.85. The summed E-state index contributed by atoms with van der Waals surface area (Å²) in [7, 11) is 0. The van der Waals surface area contributed by atoms with E-state index >= 15 is 0 Å². The number of aromatic nitrogens is 4. The third-order valence-corrected chi connectivity index (χ3v) is 4.07. The number of hydrogen-bond donors (Lipinski definition) is 0. The first-order chi connectivity index (χ1) is 9.74. The van der Waals surface area contributed by atoms with Gasteiger partial charge in [0, 0.05) is 17.1 Å². The minimum Gasteiger partial charge on any atom is -0.334 e. The number of nitrogens with zero attached hydrogens (tertiary/aromatic N) is 5. The highest BCUT2D eigenvalue weighted by molar-refractivity contribution is 9.10. The Morgan fingerprint density at radius 1 is 1.40 bits per heavy atom. The average Bonchev–Trinajstić information content (AvgIpc) is 3.15. The maximum absolute atomic E-state index is 12.4. The van der Waals surface area contributed by atoms with E-state index in [0.29, 0.717) is 12.6 Å². The van der Waals surface area contributed by atoms with Crippen LogP contribution in [-0.2, 0) is 17.9 Å². The van der Waals surface area contributed by atoms with Crippen LogP contribution in [0.1, 0.15) is 18.4 Å². The monoisotopic (exact) mass is 335 g/mol. The van der Waals surface area contributed by atoms with E-state index < -0.39 is 0 Å². The van der Waals surface area contributed by atoms with Gasteiger partial charge in [-0.3, -0.25) is 4.79 Å². The molecule has 1 fully saturated rings. The lowest BCUT2D eigenvalue weighted by Gasteiger charge is -2.23. The van der Waals surface area contributed by atoms with Crippen molar-refractivity contribution in [3.63, 3.8) is 0 Å². The van der Waals surface area contributed by atoms with E-state index in [1.165, 1.54) is 11.0 Å². The van der Waals surface area contributed by atoms with Crippen molar-refractivity contribution >= 4 is 21.8 Å². The Hall–Kier alpha value is -1.76. The molecule has 1 saturated carbocycles. The van der Waals surface area contributed by atoms with Crippen LogP contribution in [0.3, 0.4) is 0 Å². The van der Waals surface area contributed by atoms with Crippen LogP contribution in [0.2, 0.25) is 0 Å². The number of amides is 1. The summed E-state index contributed by atoms with van der Waals surface area (Å²) in [6.07, 6.45) is 3.61. The van der Waals surface area contributed by atoms with Crippen LogP contribution in [0.15, 0.2) is 35.1 Å². The van der Waals surface area contributed by atoms with Crippen molar-refractivity contribution in [2.75, 3.05) is 0 Å². The van der Waals surface area contributed by atoms with E-state index in [1.54, 1.807) is 0 Å². The van der Waals surface area contributed by atoms with Gasteiger partial charge in [0.1, 0.15) is 12.9 Å². The highest BCUT2D eigenvalue weighted by Gasteiger charge is 2.32. The first kappa shape index (κ1) is 13.2. The van der Waals surface area contributed by atoms with Crippen LogP contribution >= 0.6 is 15.9 Å². The van der Waals surface area contributed by atoms with Crippen molar-refractivity contribution in [2.24, 2.45) is 0 Å². The largest absolute Gasteiger partial charge is 0.334 e. The maximum Gasteiger partial charge on any atom is 0.244 e. The van der Waals surface area contributed by atoms with Crippen molar-refractivity contribution in [1.82, 2.24) is 25.1 Å². The number of rotatable bonds is 5. The molecule has 0 radical (unpaired) electrons. The molecule has 0 unspecified atom stereocenters. The molecular formula is C13H14BrN5O. The molecular weight excluding hydrogens is 322 g/mol. The van der Waals surface area contributed by atoms with Gasteiger partial charge in [0.2, 0.25) is 5.91 Å². The normalized spacial score (nSPS) is 14.2. The Morgan fingerprint density at radius 3 is 2.85 bits per heavy atom. The van der Waals surface area contributed by atoms with Gasteiger partial charge in [0.25, 0.3) is 0 Å².